The third-order valence-electron chi connectivity index (χ3n) is 5.69. The van der Waals surface area contributed by atoms with E-state index in [9.17, 15) is 5.11 Å². The molecule has 162 valence electrons. The molecule has 0 fully saturated rings. The van der Waals surface area contributed by atoms with Gasteiger partial charge in [0.25, 0.3) is 0 Å². The van der Waals surface area contributed by atoms with Gasteiger partial charge in [0.15, 0.2) is 5.17 Å². The molecule has 2 unspecified atom stereocenters. The lowest BCUT2D eigenvalue weighted by Crippen LogP contribution is -2.56. The van der Waals surface area contributed by atoms with E-state index in [1.807, 2.05) is 25.3 Å². The van der Waals surface area contributed by atoms with Crippen LogP contribution in [-0.4, -0.2) is 34.9 Å². The largest absolute Gasteiger partial charge is 0.508 e. The number of aliphatic imine (C=N–C) groups is 1. The minimum atomic E-state index is -0.676. The lowest BCUT2D eigenvalue weighted by molar-refractivity contribution is 0.0132. The average molecular weight is 540 g/mol. The summed E-state index contributed by atoms with van der Waals surface area (Å²) in [5.74, 6) is 1.89. The second kappa shape index (κ2) is 8.49. The van der Waals surface area contributed by atoms with Crippen LogP contribution < -0.4 is 14.8 Å². The van der Waals surface area contributed by atoms with E-state index < -0.39 is 5.72 Å². The molecule has 0 aliphatic carbocycles. The number of fused-ring (bicyclic) bond motifs is 1. The van der Waals surface area contributed by atoms with E-state index in [1.165, 1.54) is 5.56 Å². The maximum absolute atomic E-state index is 10.2. The van der Waals surface area contributed by atoms with Crippen LogP contribution in [0.1, 0.15) is 49.3 Å². The average Bonchev–Trinajstić information content (AvgIpc) is 2.65. The number of ether oxygens (including phenoxy) is 2. The predicted molar refractivity (Wildman–Crippen MR) is 134 cm³/mol. The Labute approximate surface area is 199 Å². The van der Waals surface area contributed by atoms with Gasteiger partial charge in [-0.2, -0.15) is 0 Å². The molecule has 2 atom stereocenters. The highest BCUT2D eigenvalue weighted by atomic mass is 127. The summed E-state index contributed by atoms with van der Waals surface area (Å²) in [4.78, 5) is 4.99. The van der Waals surface area contributed by atoms with Crippen molar-refractivity contribution in [2.45, 2.75) is 50.8 Å². The number of aromatic hydroxyl groups is 1. The van der Waals surface area contributed by atoms with Gasteiger partial charge in [0, 0.05) is 35.9 Å². The van der Waals surface area contributed by atoms with Gasteiger partial charge in [0.1, 0.15) is 17.2 Å². The van der Waals surface area contributed by atoms with Crippen LogP contribution in [0.15, 0.2) is 41.4 Å². The van der Waals surface area contributed by atoms with Crippen molar-refractivity contribution in [2.75, 3.05) is 13.4 Å². The van der Waals surface area contributed by atoms with E-state index in [0.717, 1.165) is 40.6 Å². The van der Waals surface area contributed by atoms with Crippen molar-refractivity contribution in [3.63, 3.8) is 0 Å². The number of amidine groups is 1. The molecule has 2 aromatic rings. The highest BCUT2D eigenvalue weighted by Gasteiger charge is 2.48. The summed E-state index contributed by atoms with van der Waals surface area (Å²) in [6, 6.07) is 11.8. The minimum absolute atomic E-state index is 0. The topological polar surface area (TPSA) is 63.1 Å². The van der Waals surface area contributed by atoms with Crippen LogP contribution in [0.4, 0.5) is 0 Å². The smallest absolute Gasteiger partial charge is 0.206 e. The molecular formula is C23H29IN2O3S. The first-order valence-corrected chi connectivity index (χ1v) is 11.1. The van der Waals surface area contributed by atoms with E-state index >= 15 is 0 Å². The monoisotopic (exact) mass is 540 g/mol. The second-order valence-corrected chi connectivity index (χ2v) is 9.35. The number of halogens is 1. The van der Waals surface area contributed by atoms with E-state index in [2.05, 4.69) is 31.3 Å². The van der Waals surface area contributed by atoms with Gasteiger partial charge in [-0.1, -0.05) is 23.9 Å². The second-order valence-electron chi connectivity index (χ2n) is 8.56. The number of benzene rings is 2. The molecule has 0 aromatic heterocycles. The fourth-order valence-electron chi connectivity index (χ4n) is 4.62. The molecule has 30 heavy (non-hydrogen) atoms. The third kappa shape index (κ3) is 4.37. The fraction of sp³-hybridized carbons (Fsp3) is 0.435. The van der Waals surface area contributed by atoms with Crippen LogP contribution in [0, 0.1) is 6.92 Å². The SMILES string of the molecule is COc1ccc(C2CC3(CC(C)(C)NC(SC)=N3)Oc3cc(O)cc(C)c32)cc1.I. The van der Waals surface area contributed by atoms with Gasteiger partial charge >= 0.3 is 0 Å². The van der Waals surface area contributed by atoms with Crippen molar-refractivity contribution in [3.8, 4) is 17.2 Å². The van der Waals surface area contributed by atoms with Gasteiger partial charge in [-0.15, -0.1) is 24.0 Å². The summed E-state index contributed by atoms with van der Waals surface area (Å²) in [6.07, 6.45) is 3.51. The molecule has 0 radical (unpaired) electrons. The van der Waals surface area contributed by atoms with Crippen molar-refractivity contribution in [1.29, 1.82) is 0 Å². The van der Waals surface area contributed by atoms with Crippen molar-refractivity contribution in [2.24, 2.45) is 4.99 Å². The standard InChI is InChI=1S/C23H28N2O3S.HI/c1-14-10-16(26)11-19-20(14)18(15-6-8-17(27-4)9-7-15)12-23(28-19)13-22(2,3)24-21(25-23)29-5;/h6-11,18,26H,12-13H2,1-5H3,(H,24,25);1H. The van der Waals surface area contributed by atoms with Gasteiger partial charge in [-0.05, 0) is 56.4 Å². The molecule has 0 bridgehead atoms. The molecule has 0 saturated heterocycles. The molecule has 2 aliphatic heterocycles. The Balaban J connectivity index is 0.00000256. The molecule has 5 nitrogen and oxygen atoms in total. The lowest BCUT2D eigenvalue weighted by Gasteiger charge is -2.47. The van der Waals surface area contributed by atoms with Crippen molar-refractivity contribution >= 4 is 40.9 Å². The molecule has 1 spiro atoms. The molecule has 2 aromatic carbocycles. The van der Waals surface area contributed by atoms with Crippen LogP contribution in [-0.2, 0) is 0 Å². The van der Waals surface area contributed by atoms with Gasteiger partial charge in [0.05, 0.1) is 7.11 Å². The quantitative estimate of drug-likeness (QED) is 0.498. The van der Waals surface area contributed by atoms with Gasteiger partial charge in [-0.3, -0.25) is 0 Å². The summed E-state index contributed by atoms with van der Waals surface area (Å²) >= 11 is 1.60. The number of rotatable bonds is 2. The molecule has 4 rings (SSSR count). The van der Waals surface area contributed by atoms with E-state index in [4.69, 9.17) is 14.5 Å². The number of phenolic OH excluding ortho intramolecular Hbond substituents is 1. The molecular weight excluding hydrogens is 511 g/mol. The van der Waals surface area contributed by atoms with Gasteiger partial charge in [0.2, 0.25) is 5.72 Å². The summed E-state index contributed by atoms with van der Waals surface area (Å²) < 4.78 is 11.9. The first kappa shape index (κ1) is 23.1. The maximum Gasteiger partial charge on any atom is 0.206 e. The van der Waals surface area contributed by atoms with E-state index in [0.29, 0.717) is 0 Å². The molecule has 7 heteroatoms. The Kier molecular flexibility index (Phi) is 6.53. The zero-order chi connectivity index (χ0) is 20.8. The normalized spacial score (nSPS) is 24.0. The van der Waals surface area contributed by atoms with Crippen LogP contribution in [0.3, 0.4) is 0 Å². The maximum atomic E-state index is 10.2. The first-order chi connectivity index (χ1) is 13.7. The minimum Gasteiger partial charge on any atom is -0.508 e. The van der Waals surface area contributed by atoms with E-state index in [-0.39, 0.29) is 41.2 Å². The third-order valence-corrected chi connectivity index (χ3v) is 6.27. The number of hydrogen-bond donors (Lipinski definition) is 2. The number of methoxy groups -OCH3 is 1. The van der Waals surface area contributed by atoms with Gasteiger partial charge < -0.3 is 19.9 Å². The highest BCUT2D eigenvalue weighted by Crippen LogP contribution is 2.50. The molecule has 2 aliphatic rings. The van der Waals surface area contributed by atoms with Crippen molar-refractivity contribution in [1.82, 2.24) is 5.32 Å². The summed E-state index contributed by atoms with van der Waals surface area (Å²) in [7, 11) is 1.68. The lowest BCUT2D eigenvalue weighted by atomic mass is 9.76. The van der Waals surface area contributed by atoms with Gasteiger partial charge in [-0.25, -0.2) is 4.99 Å². The summed E-state index contributed by atoms with van der Waals surface area (Å²) in [6.45, 7) is 6.38. The number of hydrogen-bond acceptors (Lipinski definition) is 6. The summed E-state index contributed by atoms with van der Waals surface area (Å²) in [5.41, 5.74) is 2.52. The fourth-order valence-corrected chi connectivity index (χ4v) is 5.25. The Morgan fingerprint density at radius 1 is 1.23 bits per heavy atom. The van der Waals surface area contributed by atoms with Crippen LogP contribution in [0.25, 0.3) is 0 Å². The molecule has 0 amide bonds. The Hall–Kier alpha value is -1.61. The number of phenols is 1. The van der Waals surface area contributed by atoms with E-state index in [1.54, 1.807) is 31.0 Å². The van der Waals surface area contributed by atoms with Crippen molar-refractivity contribution < 1.29 is 14.6 Å². The predicted octanol–water partition coefficient (Wildman–Crippen LogP) is 5.43. The zero-order valence-corrected chi connectivity index (χ0v) is 21.1. The number of thioether (sulfide) groups is 1. The van der Waals surface area contributed by atoms with Crippen LogP contribution in [0.5, 0.6) is 17.2 Å². The Bertz CT molecular complexity index is 962. The zero-order valence-electron chi connectivity index (χ0n) is 18.0. The number of nitrogens with one attached hydrogen (secondary N) is 1. The first-order valence-electron chi connectivity index (χ1n) is 9.83. The van der Waals surface area contributed by atoms with Crippen LogP contribution in [0.2, 0.25) is 0 Å². The molecule has 2 N–H and O–H groups in total. The molecule has 0 saturated carbocycles. The molecule has 2 heterocycles. The van der Waals surface area contributed by atoms with Crippen molar-refractivity contribution in [3.05, 3.63) is 53.1 Å². The Morgan fingerprint density at radius 2 is 1.93 bits per heavy atom. The summed E-state index contributed by atoms with van der Waals surface area (Å²) in [5, 5.41) is 14.6. The number of aryl methyl sites for hydroxylation is 1. The number of nitrogens with zero attached hydrogens (tertiary/aromatic N) is 1. The van der Waals surface area contributed by atoms with Crippen LogP contribution >= 0.6 is 35.7 Å². The highest BCUT2D eigenvalue weighted by molar-refractivity contribution is 14.0. The Morgan fingerprint density at radius 3 is 2.57 bits per heavy atom.